The summed E-state index contributed by atoms with van der Waals surface area (Å²) in [6.07, 6.45) is 2.94. The maximum atomic E-state index is 14.6. The molecular weight excluding hydrogens is 532 g/mol. The van der Waals surface area contributed by atoms with Crippen LogP contribution < -0.4 is 20.1 Å². The first kappa shape index (κ1) is 28.2. The molecule has 2 unspecified atom stereocenters. The quantitative estimate of drug-likeness (QED) is 0.300. The number of nitrogens with one attached hydrogen (secondary N) is 2. The van der Waals surface area contributed by atoms with E-state index >= 15 is 0 Å². The van der Waals surface area contributed by atoms with E-state index in [1.54, 1.807) is 26.0 Å². The van der Waals surface area contributed by atoms with Gasteiger partial charge < -0.3 is 20.1 Å². The predicted octanol–water partition coefficient (Wildman–Crippen LogP) is 4.76. The third kappa shape index (κ3) is 5.94. The van der Waals surface area contributed by atoms with Crippen LogP contribution in [-0.2, 0) is 9.59 Å². The highest BCUT2D eigenvalue weighted by molar-refractivity contribution is 6.31. The Labute approximate surface area is 229 Å². The van der Waals surface area contributed by atoms with E-state index in [1.807, 2.05) is 0 Å². The Balaban J connectivity index is 1.61. The average molecular weight is 560 g/mol. The molecule has 0 saturated carbocycles. The van der Waals surface area contributed by atoms with Gasteiger partial charge in [0.25, 0.3) is 5.91 Å². The van der Waals surface area contributed by atoms with Crippen LogP contribution in [0.2, 0.25) is 5.02 Å². The van der Waals surface area contributed by atoms with E-state index in [4.69, 9.17) is 21.1 Å². The van der Waals surface area contributed by atoms with Gasteiger partial charge in [-0.15, -0.1) is 0 Å². The van der Waals surface area contributed by atoms with Crippen LogP contribution in [-0.4, -0.2) is 58.5 Å². The number of hydrogen-bond donors (Lipinski definition) is 2. The Morgan fingerprint density at radius 3 is 2.72 bits per heavy atom. The number of rotatable bonds is 8. The van der Waals surface area contributed by atoms with Gasteiger partial charge in [0.2, 0.25) is 5.91 Å². The summed E-state index contributed by atoms with van der Waals surface area (Å²) in [6.45, 7) is 7.50. The van der Waals surface area contributed by atoms with E-state index in [-0.39, 0.29) is 29.6 Å². The summed E-state index contributed by atoms with van der Waals surface area (Å²) in [6, 6.07) is 4.60. The van der Waals surface area contributed by atoms with Crippen LogP contribution in [0.25, 0.3) is 10.9 Å². The molecule has 1 saturated heterocycles. The van der Waals surface area contributed by atoms with Crippen LogP contribution in [0.15, 0.2) is 43.2 Å². The van der Waals surface area contributed by atoms with Gasteiger partial charge in [-0.1, -0.05) is 18.2 Å². The van der Waals surface area contributed by atoms with E-state index < -0.39 is 28.6 Å². The number of carbonyl (C=O) groups is 2. The lowest BCUT2D eigenvalue weighted by Gasteiger charge is -2.34. The van der Waals surface area contributed by atoms with Crippen molar-refractivity contribution in [1.82, 2.24) is 20.2 Å². The second-order valence-corrected chi connectivity index (χ2v) is 9.58. The van der Waals surface area contributed by atoms with Gasteiger partial charge in [-0.25, -0.2) is 18.7 Å². The number of fused-ring (bicyclic) bond motifs is 1. The smallest absolute Gasteiger partial charge is 0.252 e. The third-order valence-corrected chi connectivity index (χ3v) is 6.67. The highest BCUT2D eigenvalue weighted by Crippen LogP contribution is 2.37. The lowest BCUT2D eigenvalue weighted by atomic mass is 10.00. The van der Waals surface area contributed by atoms with E-state index in [9.17, 15) is 18.4 Å². The molecule has 12 heteroatoms. The lowest BCUT2D eigenvalue weighted by molar-refractivity contribution is -0.146. The summed E-state index contributed by atoms with van der Waals surface area (Å²) < 4.78 is 40.0. The second-order valence-electron chi connectivity index (χ2n) is 9.21. The fraction of sp³-hybridized carbons (Fsp3) is 0.333. The van der Waals surface area contributed by atoms with E-state index in [0.717, 1.165) is 12.1 Å². The summed E-state index contributed by atoms with van der Waals surface area (Å²) in [5.41, 5.74) is 0.419. The highest BCUT2D eigenvalue weighted by Gasteiger charge is 2.34. The predicted molar refractivity (Wildman–Crippen MR) is 143 cm³/mol. The van der Waals surface area contributed by atoms with Crippen LogP contribution in [0.5, 0.6) is 11.5 Å². The molecule has 206 valence electrons. The molecule has 1 aliphatic heterocycles. The molecule has 1 aliphatic rings. The van der Waals surface area contributed by atoms with Crippen molar-refractivity contribution in [2.75, 3.05) is 19.0 Å². The molecule has 2 heterocycles. The molecule has 1 fully saturated rings. The van der Waals surface area contributed by atoms with E-state index in [1.165, 1.54) is 24.4 Å². The lowest BCUT2D eigenvalue weighted by Crippen LogP contribution is -2.55. The first-order chi connectivity index (χ1) is 18.6. The number of aromatic nitrogens is 2. The zero-order valence-electron chi connectivity index (χ0n) is 21.6. The Morgan fingerprint density at radius 2 is 2.03 bits per heavy atom. The number of carbonyl (C=O) groups excluding carboxylic acids is 2. The number of benzene rings is 2. The monoisotopic (exact) mass is 559 g/mol. The molecule has 4 rings (SSSR count). The summed E-state index contributed by atoms with van der Waals surface area (Å²) >= 11 is 5.72. The molecular formula is C27H28ClF2N5O4. The van der Waals surface area contributed by atoms with Gasteiger partial charge in [-0.3, -0.25) is 14.5 Å². The van der Waals surface area contributed by atoms with Crippen molar-refractivity contribution in [3.05, 3.63) is 59.9 Å². The van der Waals surface area contributed by atoms with Gasteiger partial charge in [0.05, 0.1) is 24.4 Å². The van der Waals surface area contributed by atoms with Crippen molar-refractivity contribution in [3.63, 3.8) is 0 Å². The number of piperidine rings is 1. The van der Waals surface area contributed by atoms with Gasteiger partial charge in [0.15, 0.2) is 17.3 Å². The Kier molecular flexibility index (Phi) is 8.61. The number of imide groups is 1. The largest absolute Gasteiger partial charge is 0.493 e. The fourth-order valence-corrected chi connectivity index (χ4v) is 4.57. The summed E-state index contributed by atoms with van der Waals surface area (Å²) in [5.74, 6) is -1.65. The topological polar surface area (TPSA) is 106 Å². The Bertz CT molecular complexity index is 1420. The minimum Gasteiger partial charge on any atom is -0.493 e. The number of hydrogen-bond acceptors (Lipinski definition) is 8. The number of ether oxygens (including phenoxy) is 2. The van der Waals surface area contributed by atoms with Crippen LogP contribution in [0.3, 0.4) is 0 Å². The summed E-state index contributed by atoms with van der Waals surface area (Å²) in [4.78, 5) is 35.1. The van der Waals surface area contributed by atoms with Gasteiger partial charge in [-0.05, 0) is 51.1 Å². The average Bonchev–Trinajstić information content (AvgIpc) is 2.93. The molecule has 1 aromatic heterocycles. The van der Waals surface area contributed by atoms with Crippen LogP contribution in [0.1, 0.15) is 26.7 Å². The molecule has 2 amide bonds. The second kappa shape index (κ2) is 11.9. The maximum absolute atomic E-state index is 14.6. The maximum Gasteiger partial charge on any atom is 0.252 e. The fourth-order valence-electron chi connectivity index (χ4n) is 4.41. The van der Waals surface area contributed by atoms with Crippen molar-refractivity contribution < 1.29 is 27.8 Å². The van der Waals surface area contributed by atoms with Crippen LogP contribution in [0, 0.1) is 11.6 Å². The molecule has 39 heavy (non-hydrogen) atoms. The molecule has 2 atom stereocenters. The van der Waals surface area contributed by atoms with Crippen molar-refractivity contribution in [3.8, 4) is 11.5 Å². The molecule has 3 aromatic rings. The van der Waals surface area contributed by atoms with Crippen molar-refractivity contribution in [1.29, 1.82) is 0 Å². The van der Waals surface area contributed by atoms with Crippen molar-refractivity contribution >= 4 is 45.8 Å². The normalized spacial score (nSPS) is 17.1. The Morgan fingerprint density at radius 1 is 1.26 bits per heavy atom. The highest BCUT2D eigenvalue weighted by atomic mass is 35.5. The zero-order chi connectivity index (χ0) is 28.3. The Hall–Kier alpha value is -3.83. The standard InChI is InChI=1S/C27H28ClF2N5O4/c1-5-23(36)35(14(2)3)27(37)20-10-15(8-9-31-20)39-22-11-16-19(12-21(22)38-4)32-13-33-26(16)34-18-7-6-17(29)24(28)25(18)30/h5-7,11-15,20,31H,1,8-10H2,2-4H3,(H,32,33,34). The minimum absolute atomic E-state index is 0.0665. The molecule has 0 spiro atoms. The zero-order valence-corrected chi connectivity index (χ0v) is 22.4. The van der Waals surface area contributed by atoms with Gasteiger partial charge in [0.1, 0.15) is 29.1 Å². The van der Waals surface area contributed by atoms with Crippen molar-refractivity contribution in [2.45, 2.75) is 44.9 Å². The number of nitrogens with zero attached hydrogens (tertiary/aromatic N) is 3. The van der Waals surface area contributed by atoms with Crippen LogP contribution in [0.4, 0.5) is 20.3 Å². The molecule has 2 N–H and O–H groups in total. The molecule has 0 aliphatic carbocycles. The minimum atomic E-state index is -0.954. The number of amides is 2. The molecule has 0 radical (unpaired) electrons. The molecule has 9 nitrogen and oxygen atoms in total. The van der Waals surface area contributed by atoms with E-state index in [2.05, 4.69) is 27.2 Å². The third-order valence-electron chi connectivity index (χ3n) is 6.32. The van der Waals surface area contributed by atoms with Crippen LogP contribution >= 0.6 is 11.6 Å². The molecule has 2 aromatic carbocycles. The summed E-state index contributed by atoms with van der Waals surface area (Å²) in [7, 11) is 1.49. The SMILES string of the molecule is C=CC(=O)N(C(=O)C1CC(Oc2cc3c(Nc4ccc(F)c(Cl)c4F)ncnc3cc2OC)CCN1)C(C)C. The first-order valence-electron chi connectivity index (χ1n) is 12.3. The van der Waals surface area contributed by atoms with Gasteiger partial charge in [-0.2, -0.15) is 0 Å². The summed E-state index contributed by atoms with van der Waals surface area (Å²) in [5, 5.41) is 5.85. The number of anilines is 2. The molecule has 0 bridgehead atoms. The van der Waals surface area contributed by atoms with Gasteiger partial charge >= 0.3 is 0 Å². The van der Waals surface area contributed by atoms with Gasteiger partial charge in [0, 0.05) is 23.9 Å². The first-order valence-corrected chi connectivity index (χ1v) is 12.6. The van der Waals surface area contributed by atoms with Crippen molar-refractivity contribution in [2.24, 2.45) is 0 Å². The number of halogens is 3. The van der Waals surface area contributed by atoms with E-state index in [0.29, 0.717) is 41.8 Å². The number of methoxy groups -OCH3 is 1.